The van der Waals surface area contributed by atoms with E-state index in [9.17, 15) is 4.79 Å². The van der Waals surface area contributed by atoms with Crippen LogP contribution in [0.2, 0.25) is 0 Å². The number of nitrogens with zero attached hydrogens (tertiary/aromatic N) is 1. The topological polar surface area (TPSA) is 84.6 Å². The van der Waals surface area contributed by atoms with Crippen LogP contribution in [0.15, 0.2) is 34.9 Å². The van der Waals surface area contributed by atoms with E-state index >= 15 is 0 Å². The summed E-state index contributed by atoms with van der Waals surface area (Å²) >= 11 is 0. The summed E-state index contributed by atoms with van der Waals surface area (Å²) in [6.07, 6.45) is 1.68. The fourth-order valence-electron chi connectivity index (χ4n) is 3.37. The van der Waals surface area contributed by atoms with Crippen LogP contribution < -0.4 is 10.1 Å². The summed E-state index contributed by atoms with van der Waals surface area (Å²) in [5.41, 5.74) is 1.45. The van der Waals surface area contributed by atoms with Gasteiger partial charge >= 0.3 is 0 Å². The number of nitrogens with one attached hydrogen (secondary N) is 1. The van der Waals surface area contributed by atoms with Gasteiger partial charge in [0.15, 0.2) is 5.76 Å². The number of hydrogen-bond donors (Lipinski definition) is 2. The maximum atomic E-state index is 12.4. The molecular formula is C19H24N2O4. The van der Waals surface area contributed by atoms with Crippen LogP contribution in [0.4, 0.5) is 0 Å². The number of aromatic nitrogens is 1. The lowest BCUT2D eigenvalue weighted by atomic mass is 9.57. The molecule has 1 aliphatic rings. The third-order valence-electron chi connectivity index (χ3n) is 5.35. The fraction of sp³-hybridized carbons (Fsp3) is 0.474. The number of aliphatic hydroxyl groups excluding tert-OH is 1. The van der Waals surface area contributed by atoms with Crippen LogP contribution in [0.25, 0.3) is 0 Å². The van der Waals surface area contributed by atoms with Gasteiger partial charge in [-0.25, -0.2) is 0 Å². The number of ether oxygens (including phenoxy) is 1. The van der Waals surface area contributed by atoms with E-state index in [1.807, 2.05) is 0 Å². The fourth-order valence-corrected chi connectivity index (χ4v) is 3.37. The molecule has 0 bridgehead atoms. The molecule has 6 nitrogen and oxygen atoms in total. The monoisotopic (exact) mass is 344 g/mol. The van der Waals surface area contributed by atoms with Gasteiger partial charge < -0.3 is 19.7 Å². The molecule has 3 rings (SSSR count). The van der Waals surface area contributed by atoms with Gasteiger partial charge in [0.2, 0.25) is 0 Å². The van der Waals surface area contributed by atoms with Gasteiger partial charge in [-0.2, -0.15) is 0 Å². The number of methoxy groups -OCH3 is 1. The zero-order chi connectivity index (χ0) is 18.0. The van der Waals surface area contributed by atoms with Crippen molar-refractivity contribution in [2.75, 3.05) is 7.11 Å². The first-order valence-electron chi connectivity index (χ1n) is 8.44. The van der Waals surface area contributed by atoms with Crippen molar-refractivity contribution in [1.29, 1.82) is 0 Å². The molecule has 0 aliphatic heterocycles. The Balaban J connectivity index is 1.58. The van der Waals surface area contributed by atoms with Gasteiger partial charge in [0.1, 0.15) is 12.4 Å². The second-order valence-electron chi connectivity index (χ2n) is 7.16. The standard InChI is InChI=1S/C19H24N2O4/c1-19(2)13(8-14-10-16(11-22)25-21-14)9-17(19)20-18(23)12-4-6-15(24-3)7-5-12/h4-7,10,13,17,22H,8-9,11H2,1-3H3,(H,20,23). The van der Waals surface area contributed by atoms with Crippen LogP contribution in [0.1, 0.15) is 42.1 Å². The molecular weight excluding hydrogens is 320 g/mol. The molecule has 0 spiro atoms. The van der Waals surface area contributed by atoms with E-state index in [2.05, 4.69) is 24.3 Å². The summed E-state index contributed by atoms with van der Waals surface area (Å²) in [5.74, 6) is 1.56. The van der Waals surface area contributed by atoms with Gasteiger partial charge in [-0.3, -0.25) is 4.79 Å². The van der Waals surface area contributed by atoms with Crippen LogP contribution in [0.5, 0.6) is 5.75 Å². The third-order valence-corrected chi connectivity index (χ3v) is 5.35. The predicted molar refractivity (Wildman–Crippen MR) is 92.3 cm³/mol. The molecule has 2 N–H and O–H groups in total. The lowest BCUT2D eigenvalue weighted by Crippen LogP contribution is -2.58. The van der Waals surface area contributed by atoms with Crippen LogP contribution in [-0.2, 0) is 13.0 Å². The van der Waals surface area contributed by atoms with Gasteiger partial charge in [-0.1, -0.05) is 19.0 Å². The highest BCUT2D eigenvalue weighted by atomic mass is 16.5. The quantitative estimate of drug-likeness (QED) is 0.841. The highest BCUT2D eigenvalue weighted by Gasteiger charge is 2.48. The summed E-state index contributed by atoms with van der Waals surface area (Å²) in [6, 6.07) is 9.02. The number of rotatable bonds is 6. The van der Waals surface area contributed by atoms with E-state index in [1.54, 1.807) is 37.4 Å². The Kier molecular flexibility index (Phi) is 4.81. The Labute approximate surface area is 147 Å². The Bertz CT molecular complexity index is 736. The Hall–Kier alpha value is -2.34. The average Bonchev–Trinajstić information content (AvgIpc) is 3.08. The van der Waals surface area contributed by atoms with Gasteiger partial charge in [-0.05, 0) is 48.4 Å². The van der Waals surface area contributed by atoms with Crippen molar-refractivity contribution in [2.45, 2.75) is 39.3 Å². The molecule has 1 heterocycles. The van der Waals surface area contributed by atoms with Gasteiger partial charge in [0.05, 0.1) is 12.8 Å². The van der Waals surface area contributed by atoms with Crippen LogP contribution >= 0.6 is 0 Å². The van der Waals surface area contributed by atoms with Crippen molar-refractivity contribution < 1.29 is 19.2 Å². The smallest absolute Gasteiger partial charge is 0.251 e. The molecule has 25 heavy (non-hydrogen) atoms. The number of benzene rings is 1. The van der Waals surface area contributed by atoms with E-state index in [4.69, 9.17) is 14.4 Å². The number of amides is 1. The van der Waals surface area contributed by atoms with Crippen molar-refractivity contribution in [3.63, 3.8) is 0 Å². The zero-order valence-electron chi connectivity index (χ0n) is 14.8. The Morgan fingerprint density at radius 3 is 2.68 bits per heavy atom. The minimum Gasteiger partial charge on any atom is -0.497 e. The molecule has 1 aromatic carbocycles. The molecule has 2 aromatic rings. The van der Waals surface area contributed by atoms with Gasteiger partial charge in [0.25, 0.3) is 5.91 Å². The largest absolute Gasteiger partial charge is 0.497 e. The summed E-state index contributed by atoms with van der Waals surface area (Å²) in [4.78, 5) is 12.4. The first-order valence-corrected chi connectivity index (χ1v) is 8.44. The molecule has 0 saturated heterocycles. The number of carbonyl (C=O) groups is 1. The second kappa shape index (κ2) is 6.88. The van der Waals surface area contributed by atoms with Crippen LogP contribution in [-0.4, -0.2) is 29.3 Å². The first-order chi connectivity index (χ1) is 11.9. The zero-order valence-corrected chi connectivity index (χ0v) is 14.8. The summed E-state index contributed by atoms with van der Waals surface area (Å²) in [6.45, 7) is 4.18. The molecule has 1 aliphatic carbocycles. The molecule has 134 valence electrons. The van der Waals surface area contributed by atoms with Crippen molar-refractivity contribution in [3.05, 3.63) is 47.3 Å². The molecule has 1 amide bonds. The predicted octanol–water partition coefficient (Wildman–Crippen LogP) is 2.56. The molecule has 1 aromatic heterocycles. The van der Waals surface area contributed by atoms with Crippen LogP contribution in [0.3, 0.4) is 0 Å². The highest BCUT2D eigenvalue weighted by molar-refractivity contribution is 5.94. The summed E-state index contributed by atoms with van der Waals surface area (Å²) in [5, 5.41) is 16.2. The average molecular weight is 344 g/mol. The number of hydrogen-bond acceptors (Lipinski definition) is 5. The maximum absolute atomic E-state index is 12.4. The molecule has 1 saturated carbocycles. The van der Waals surface area contributed by atoms with Crippen molar-refractivity contribution in [3.8, 4) is 5.75 Å². The lowest BCUT2D eigenvalue weighted by molar-refractivity contribution is 0.0138. The van der Waals surface area contributed by atoms with Crippen LogP contribution in [0, 0.1) is 11.3 Å². The van der Waals surface area contributed by atoms with E-state index in [1.165, 1.54) is 0 Å². The normalized spacial score (nSPS) is 21.4. The van der Waals surface area contributed by atoms with Gasteiger partial charge in [0, 0.05) is 17.7 Å². The molecule has 0 radical (unpaired) electrons. The van der Waals surface area contributed by atoms with E-state index in [-0.39, 0.29) is 24.0 Å². The van der Waals surface area contributed by atoms with Crippen molar-refractivity contribution in [1.82, 2.24) is 10.5 Å². The highest BCUT2D eigenvalue weighted by Crippen LogP contribution is 2.47. The molecule has 1 fully saturated rings. The number of aliphatic hydroxyl groups is 1. The summed E-state index contributed by atoms with van der Waals surface area (Å²) in [7, 11) is 1.60. The van der Waals surface area contributed by atoms with Crippen molar-refractivity contribution >= 4 is 5.91 Å². The maximum Gasteiger partial charge on any atom is 0.251 e. The number of carbonyl (C=O) groups excluding carboxylic acids is 1. The van der Waals surface area contributed by atoms with E-state index in [0.29, 0.717) is 17.2 Å². The first kappa shape index (κ1) is 17.5. The third kappa shape index (κ3) is 3.54. The molecule has 2 atom stereocenters. The second-order valence-corrected chi connectivity index (χ2v) is 7.16. The molecule has 6 heteroatoms. The Morgan fingerprint density at radius 2 is 2.12 bits per heavy atom. The van der Waals surface area contributed by atoms with E-state index < -0.39 is 0 Å². The van der Waals surface area contributed by atoms with Gasteiger partial charge in [-0.15, -0.1) is 0 Å². The minimum absolute atomic E-state index is 0.0273. The molecule has 2 unspecified atom stereocenters. The van der Waals surface area contributed by atoms with Crippen molar-refractivity contribution in [2.24, 2.45) is 11.3 Å². The Morgan fingerprint density at radius 1 is 1.40 bits per heavy atom. The lowest BCUT2D eigenvalue weighted by Gasteiger charge is -2.52. The van der Waals surface area contributed by atoms with E-state index in [0.717, 1.165) is 24.3 Å². The SMILES string of the molecule is COc1ccc(C(=O)NC2CC(Cc3cc(CO)on3)C2(C)C)cc1. The summed E-state index contributed by atoms with van der Waals surface area (Å²) < 4.78 is 10.2. The minimum atomic E-state index is -0.137.